The Hall–Kier alpha value is -1.18. The first-order valence-corrected chi connectivity index (χ1v) is 8.17. The number of hydrogen-bond donors (Lipinski definition) is 0. The van der Waals surface area contributed by atoms with E-state index in [1.807, 2.05) is 23.9 Å². The zero-order chi connectivity index (χ0) is 13.7. The smallest absolute Gasteiger partial charge is 0.124 e. The van der Waals surface area contributed by atoms with E-state index in [-0.39, 0.29) is 0 Å². The minimum absolute atomic E-state index is 0.377. The van der Waals surface area contributed by atoms with Crippen LogP contribution in [0.15, 0.2) is 18.2 Å². The number of para-hydroxylation sites is 1. The maximum absolute atomic E-state index is 9.12. The van der Waals surface area contributed by atoms with Crippen LogP contribution in [0.25, 0.3) is 11.0 Å². The van der Waals surface area contributed by atoms with E-state index in [0.29, 0.717) is 11.4 Å². The summed E-state index contributed by atoms with van der Waals surface area (Å²) in [4.78, 5) is 4.50. The molecule has 5 heteroatoms. The molecule has 0 saturated heterocycles. The molecule has 3 nitrogen and oxygen atoms in total. The van der Waals surface area contributed by atoms with Gasteiger partial charge in [0.25, 0.3) is 0 Å². The molecule has 0 aliphatic heterocycles. The van der Waals surface area contributed by atoms with E-state index in [0.717, 1.165) is 29.8 Å². The summed E-state index contributed by atoms with van der Waals surface area (Å²) in [7, 11) is 0. The number of unbranched alkanes of at least 4 members (excludes halogenated alkanes) is 1. The summed E-state index contributed by atoms with van der Waals surface area (Å²) in [6.07, 6.45) is 4.41. The number of fused-ring (bicyclic) bond motifs is 1. The highest BCUT2D eigenvalue weighted by molar-refractivity contribution is 7.98. The van der Waals surface area contributed by atoms with E-state index < -0.39 is 0 Å². The molecule has 0 bridgehead atoms. The molecule has 0 N–H and O–H groups in total. The molecule has 2 aromatic rings. The fourth-order valence-corrected chi connectivity index (χ4v) is 2.85. The first kappa shape index (κ1) is 14.2. The number of halogens is 1. The van der Waals surface area contributed by atoms with Crippen LogP contribution in [0.3, 0.4) is 0 Å². The molecule has 0 radical (unpaired) electrons. The molecule has 100 valence electrons. The van der Waals surface area contributed by atoms with Crippen molar-refractivity contribution in [3.63, 3.8) is 0 Å². The van der Waals surface area contributed by atoms with Gasteiger partial charge in [-0.2, -0.15) is 17.0 Å². The number of rotatable bonds is 6. The van der Waals surface area contributed by atoms with Crippen molar-refractivity contribution in [2.24, 2.45) is 0 Å². The Kier molecular flexibility index (Phi) is 5.12. The third-order valence-corrected chi connectivity index (χ3v) is 4.01. The van der Waals surface area contributed by atoms with Gasteiger partial charge in [-0.15, -0.1) is 11.6 Å². The predicted octanol–water partition coefficient (Wildman–Crippen LogP) is 3.79. The van der Waals surface area contributed by atoms with Gasteiger partial charge in [0, 0.05) is 6.54 Å². The van der Waals surface area contributed by atoms with Crippen LogP contribution in [0, 0.1) is 11.3 Å². The average molecular weight is 294 g/mol. The normalized spacial score (nSPS) is 10.8. The quantitative estimate of drug-likeness (QED) is 0.601. The monoisotopic (exact) mass is 293 g/mol. The molecule has 1 aromatic carbocycles. The predicted molar refractivity (Wildman–Crippen MR) is 81.6 cm³/mol. The molecule has 0 spiro atoms. The Balaban J connectivity index is 2.33. The molecule has 1 heterocycles. The number of aryl methyl sites for hydroxylation is 1. The van der Waals surface area contributed by atoms with Gasteiger partial charge in [0.15, 0.2) is 0 Å². The maximum atomic E-state index is 9.12. The topological polar surface area (TPSA) is 41.6 Å². The molecule has 0 aliphatic carbocycles. The summed E-state index contributed by atoms with van der Waals surface area (Å²) in [6, 6.07) is 7.90. The van der Waals surface area contributed by atoms with Crippen molar-refractivity contribution >= 4 is 34.4 Å². The Labute approximate surface area is 122 Å². The van der Waals surface area contributed by atoms with E-state index in [4.69, 9.17) is 16.9 Å². The third-order valence-electron chi connectivity index (χ3n) is 3.08. The zero-order valence-electron chi connectivity index (χ0n) is 10.9. The van der Waals surface area contributed by atoms with Crippen LogP contribution < -0.4 is 0 Å². The van der Waals surface area contributed by atoms with Crippen molar-refractivity contribution in [2.45, 2.75) is 25.3 Å². The van der Waals surface area contributed by atoms with E-state index in [1.165, 1.54) is 12.2 Å². The minimum Gasteiger partial charge on any atom is -0.327 e. The number of nitrogens with zero attached hydrogens (tertiary/aromatic N) is 3. The van der Waals surface area contributed by atoms with Crippen LogP contribution >= 0.6 is 23.4 Å². The summed E-state index contributed by atoms with van der Waals surface area (Å²) < 4.78 is 2.14. The first-order valence-electron chi connectivity index (χ1n) is 6.25. The fourth-order valence-electron chi connectivity index (χ4n) is 2.15. The largest absolute Gasteiger partial charge is 0.327 e. The summed E-state index contributed by atoms with van der Waals surface area (Å²) in [5.41, 5.74) is 2.40. The van der Waals surface area contributed by atoms with E-state index in [2.05, 4.69) is 21.9 Å². The van der Waals surface area contributed by atoms with Gasteiger partial charge in [0.1, 0.15) is 17.4 Å². The SMILES string of the molecule is CSCCCCn1c(CCl)nc2c(C#N)cccc21. The van der Waals surface area contributed by atoms with Gasteiger partial charge in [-0.05, 0) is 37.0 Å². The highest BCUT2D eigenvalue weighted by atomic mass is 35.5. The second-order valence-electron chi connectivity index (χ2n) is 4.30. The van der Waals surface area contributed by atoms with Crippen LogP contribution in [0.1, 0.15) is 24.2 Å². The molecule has 0 unspecified atom stereocenters. The van der Waals surface area contributed by atoms with Gasteiger partial charge in [0.05, 0.1) is 17.0 Å². The maximum Gasteiger partial charge on any atom is 0.124 e. The van der Waals surface area contributed by atoms with Crippen LogP contribution in [-0.2, 0) is 12.4 Å². The van der Waals surface area contributed by atoms with Gasteiger partial charge < -0.3 is 4.57 Å². The molecule has 0 amide bonds. The minimum atomic E-state index is 0.377. The van der Waals surface area contributed by atoms with Crippen LogP contribution in [0.4, 0.5) is 0 Å². The second kappa shape index (κ2) is 6.83. The Morgan fingerprint density at radius 2 is 2.26 bits per heavy atom. The summed E-state index contributed by atoms with van der Waals surface area (Å²) in [5.74, 6) is 2.40. The number of nitriles is 1. The number of aromatic nitrogens is 2. The fraction of sp³-hybridized carbons (Fsp3) is 0.429. The standard InChI is InChI=1S/C14H16ClN3S/c1-19-8-3-2-7-18-12-6-4-5-11(10-16)14(12)17-13(18)9-15/h4-6H,2-3,7-9H2,1H3. The molecule has 0 fully saturated rings. The number of hydrogen-bond acceptors (Lipinski definition) is 3. The van der Waals surface area contributed by atoms with E-state index in [9.17, 15) is 0 Å². The van der Waals surface area contributed by atoms with Crippen LogP contribution in [0.5, 0.6) is 0 Å². The molecular formula is C14H16ClN3S. The highest BCUT2D eigenvalue weighted by Gasteiger charge is 2.12. The molecule has 2 rings (SSSR count). The molecule has 1 aromatic heterocycles. The lowest BCUT2D eigenvalue weighted by molar-refractivity contribution is 0.631. The number of thioether (sulfide) groups is 1. The third kappa shape index (κ3) is 3.05. The lowest BCUT2D eigenvalue weighted by atomic mass is 10.2. The van der Waals surface area contributed by atoms with Gasteiger partial charge in [-0.25, -0.2) is 4.98 Å². The van der Waals surface area contributed by atoms with Gasteiger partial charge in [-0.1, -0.05) is 6.07 Å². The number of benzene rings is 1. The Morgan fingerprint density at radius 3 is 2.95 bits per heavy atom. The van der Waals surface area contributed by atoms with Gasteiger partial charge in [-0.3, -0.25) is 0 Å². The molecular weight excluding hydrogens is 278 g/mol. The first-order chi connectivity index (χ1) is 9.31. The van der Waals surface area contributed by atoms with Crippen molar-refractivity contribution in [1.29, 1.82) is 5.26 Å². The Morgan fingerprint density at radius 1 is 1.42 bits per heavy atom. The summed E-state index contributed by atoms with van der Waals surface area (Å²) in [5, 5.41) is 9.12. The lowest BCUT2D eigenvalue weighted by Gasteiger charge is -2.07. The molecule has 19 heavy (non-hydrogen) atoms. The van der Waals surface area contributed by atoms with Gasteiger partial charge in [0.2, 0.25) is 0 Å². The van der Waals surface area contributed by atoms with Crippen molar-refractivity contribution < 1.29 is 0 Å². The van der Waals surface area contributed by atoms with E-state index in [1.54, 1.807) is 6.07 Å². The summed E-state index contributed by atoms with van der Waals surface area (Å²) in [6.45, 7) is 0.911. The van der Waals surface area contributed by atoms with Crippen LogP contribution in [-0.4, -0.2) is 21.6 Å². The molecule has 0 saturated carbocycles. The number of alkyl halides is 1. The zero-order valence-corrected chi connectivity index (χ0v) is 12.5. The lowest BCUT2D eigenvalue weighted by Crippen LogP contribution is -2.02. The Bertz CT molecular complexity index is 600. The van der Waals surface area contributed by atoms with E-state index >= 15 is 0 Å². The van der Waals surface area contributed by atoms with Crippen LogP contribution in [0.2, 0.25) is 0 Å². The average Bonchev–Trinajstić information content (AvgIpc) is 2.81. The van der Waals surface area contributed by atoms with Gasteiger partial charge >= 0.3 is 0 Å². The summed E-state index contributed by atoms with van der Waals surface area (Å²) >= 11 is 7.83. The molecule has 0 aliphatic rings. The van der Waals surface area contributed by atoms with Crippen molar-refractivity contribution in [1.82, 2.24) is 9.55 Å². The molecule has 0 atom stereocenters. The van der Waals surface area contributed by atoms with Crippen molar-refractivity contribution in [2.75, 3.05) is 12.0 Å². The van der Waals surface area contributed by atoms with Crippen molar-refractivity contribution in [3.05, 3.63) is 29.6 Å². The van der Waals surface area contributed by atoms with Crippen molar-refractivity contribution in [3.8, 4) is 6.07 Å². The highest BCUT2D eigenvalue weighted by Crippen LogP contribution is 2.21. The second-order valence-corrected chi connectivity index (χ2v) is 5.55. The number of imidazole rings is 1.